The summed E-state index contributed by atoms with van der Waals surface area (Å²) < 4.78 is 24.3. The van der Waals surface area contributed by atoms with Gasteiger partial charge in [0, 0.05) is 16.8 Å². The van der Waals surface area contributed by atoms with E-state index >= 15 is 0 Å². The highest BCUT2D eigenvalue weighted by Crippen LogP contribution is 2.19. The van der Waals surface area contributed by atoms with Gasteiger partial charge in [0.2, 0.25) is 0 Å². The van der Waals surface area contributed by atoms with Crippen LogP contribution in [-0.4, -0.2) is 19.3 Å². The number of carbonyl (C=O) groups is 1. The van der Waals surface area contributed by atoms with Crippen molar-refractivity contribution < 1.29 is 13.2 Å². The molecule has 0 fully saturated rings. The number of benzene rings is 1. The zero-order valence-corrected chi connectivity index (χ0v) is 13.6. The molecule has 0 radical (unpaired) electrons. The van der Waals surface area contributed by atoms with E-state index in [1.54, 1.807) is 6.92 Å². The summed E-state index contributed by atoms with van der Waals surface area (Å²) in [5.41, 5.74) is 2.75. The Morgan fingerprint density at radius 1 is 1.18 bits per heavy atom. The smallest absolute Gasteiger partial charge is 0.266 e. The van der Waals surface area contributed by atoms with Crippen LogP contribution in [0.4, 0.5) is 0 Å². The van der Waals surface area contributed by atoms with Crippen LogP contribution in [0.1, 0.15) is 15.9 Å². The molecule has 1 aromatic heterocycles. The Bertz CT molecular complexity index is 825. The predicted octanol–water partition coefficient (Wildman–Crippen LogP) is 2.32. The first kappa shape index (κ1) is 16.7. The Hall–Kier alpha value is -1.67. The van der Waals surface area contributed by atoms with Crippen molar-refractivity contribution >= 4 is 39.1 Å². The van der Waals surface area contributed by atoms with E-state index in [1.807, 2.05) is 4.83 Å². The zero-order chi connectivity index (χ0) is 16.3. The summed E-state index contributed by atoms with van der Waals surface area (Å²) in [6.07, 6.45) is 1.34. The molecule has 2 rings (SSSR count). The van der Waals surface area contributed by atoms with Gasteiger partial charge in [-0.15, -0.1) is 4.83 Å². The molecule has 1 aromatic carbocycles. The quantitative estimate of drug-likeness (QED) is 0.647. The maximum Gasteiger partial charge on any atom is 0.266 e. The monoisotopic (exact) mass is 359 g/mol. The van der Waals surface area contributed by atoms with E-state index in [0.717, 1.165) is 0 Å². The Morgan fingerprint density at radius 2 is 1.91 bits per heavy atom. The highest BCUT2D eigenvalue weighted by molar-refractivity contribution is 7.89. The number of sulfonamides is 1. The lowest BCUT2D eigenvalue weighted by atomic mass is 10.2. The highest BCUT2D eigenvalue weighted by atomic mass is 35.5. The topological polar surface area (TPSA) is 88.2 Å². The van der Waals surface area contributed by atoms with Crippen molar-refractivity contribution in [3.8, 4) is 0 Å². The van der Waals surface area contributed by atoms with Gasteiger partial charge in [-0.05, 0) is 42.8 Å². The Labute approximate surface area is 137 Å². The molecule has 2 N–H and O–H groups in total. The number of aromatic nitrogens is 1. The van der Waals surface area contributed by atoms with E-state index in [-0.39, 0.29) is 15.6 Å². The zero-order valence-electron chi connectivity index (χ0n) is 11.3. The second-order valence-corrected chi connectivity index (χ2v) is 6.81. The van der Waals surface area contributed by atoms with Crippen molar-refractivity contribution in [3.05, 3.63) is 57.8 Å². The molecular formula is C13H11Cl2N3O3S. The molecule has 0 saturated carbocycles. The number of hydrazine groups is 1. The summed E-state index contributed by atoms with van der Waals surface area (Å²) >= 11 is 11.5. The van der Waals surface area contributed by atoms with Gasteiger partial charge in [0.25, 0.3) is 15.9 Å². The molecule has 2 aromatic rings. The van der Waals surface area contributed by atoms with E-state index in [9.17, 15) is 13.2 Å². The van der Waals surface area contributed by atoms with Gasteiger partial charge in [0.05, 0.1) is 4.90 Å². The Balaban J connectivity index is 2.14. The molecule has 1 amide bonds. The number of pyridine rings is 1. The largest absolute Gasteiger partial charge is 0.273 e. The molecule has 0 unspecified atom stereocenters. The number of carbonyl (C=O) groups excluding carboxylic acids is 1. The van der Waals surface area contributed by atoms with Gasteiger partial charge in [-0.1, -0.05) is 23.2 Å². The third-order valence-electron chi connectivity index (χ3n) is 2.71. The van der Waals surface area contributed by atoms with E-state index < -0.39 is 15.9 Å². The van der Waals surface area contributed by atoms with E-state index in [2.05, 4.69) is 10.4 Å². The van der Waals surface area contributed by atoms with Crippen molar-refractivity contribution in [3.63, 3.8) is 0 Å². The first-order valence-corrected chi connectivity index (χ1v) is 8.23. The van der Waals surface area contributed by atoms with Gasteiger partial charge in [-0.3, -0.25) is 10.2 Å². The van der Waals surface area contributed by atoms with E-state index in [4.69, 9.17) is 23.2 Å². The molecule has 116 valence electrons. The molecule has 0 atom stereocenters. The molecule has 22 heavy (non-hydrogen) atoms. The van der Waals surface area contributed by atoms with Gasteiger partial charge < -0.3 is 0 Å². The lowest BCUT2D eigenvalue weighted by Gasteiger charge is -2.10. The van der Waals surface area contributed by atoms with Gasteiger partial charge >= 0.3 is 0 Å². The van der Waals surface area contributed by atoms with Crippen molar-refractivity contribution in [2.75, 3.05) is 0 Å². The fourth-order valence-corrected chi connectivity index (χ4v) is 3.17. The second-order valence-electron chi connectivity index (χ2n) is 4.34. The summed E-state index contributed by atoms with van der Waals surface area (Å²) in [7, 11) is -3.91. The Kier molecular flexibility index (Phi) is 5.02. The summed E-state index contributed by atoms with van der Waals surface area (Å²) in [6, 6.07) is 7.05. The Morgan fingerprint density at radius 3 is 2.55 bits per heavy atom. The maximum atomic E-state index is 12.2. The second kappa shape index (κ2) is 6.62. The molecule has 6 nitrogen and oxygen atoms in total. The molecule has 9 heteroatoms. The summed E-state index contributed by atoms with van der Waals surface area (Å²) in [4.78, 5) is 17.6. The molecule has 0 spiro atoms. The third kappa shape index (κ3) is 3.95. The lowest BCUT2D eigenvalue weighted by molar-refractivity contribution is 0.0945. The van der Waals surface area contributed by atoms with Crippen LogP contribution in [0.15, 0.2) is 41.4 Å². The normalized spacial score (nSPS) is 11.2. The molecule has 0 aliphatic carbocycles. The van der Waals surface area contributed by atoms with E-state index in [1.165, 1.54) is 36.5 Å². The van der Waals surface area contributed by atoms with Crippen LogP contribution in [0.25, 0.3) is 0 Å². The number of nitrogens with one attached hydrogen (secondary N) is 2. The van der Waals surface area contributed by atoms with Crippen LogP contribution in [0.3, 0.4) is 0 Å². The third-order valence-corrected chi connectivity index (χ3v) is 4.56. The van der Waals surface area contributed by atoms with Crippen LogP contribution in [0.2, 0.25) is 10.2 Å². The number of rotatable bonds is 4. The number of aryl methyl sites for hydroxylation is 1. The minimum atomic E-state index is -3.91. The average molecular weight is 360 g/mol. The summed E-state index contributed by atoms with van der Waals surface area (Å²) in [5, 5.41) is 0.552. The molecule has 1 heterocycles. The fraction of sp³-hybridized carbons (Fsp3) is 0.0769. The number of halogens is 2. The van der Waals surface area contributed by atoms with Crippen LogP contribution in [-0.2, 0) is 10.0 Å². The highest BCUT2D eigenvalue weighted by Gasteiger charge is 2.18. The van der Waals surface area contributed by atoms with Gasteiger partial charge in [-0.25, -0.2) is 13.4 Å². The number of hydrogen-bond acceptors (Lipinski definition) is 4. The first-order valence-electron chi connectivity index (χ1n) is 5.99. The number of amides is 1. The molecule has 0 saturated heterocycles. The molecular weight excluding hydrogens is 349 g/mol. The van der Waals surface area contributed by atoms with Crippen molar-refractivity contribution in [2.45, 2.75) is 11.8 Å². The molecule has 0 bridgehead atoms. The minimum absolute atomic E-state index is 0.0185. The van der Waals surface area contributed by atoms with Crippen molar-refractivity contribution in [1.29, 1.82) is 0 Å². The van der Waals surface area contributed by atoms with Crippen LogP contribution in [0.5, 0.6) is 0 Å². The van der Waals surface area contributed by atoms with Gasteiger partial charge in [0.15, 0.2) is 0 Å². The average Bonchev–Trinajstić information content (AvgIpc) is 2.44. The number of hydrogen-bond donors (Lipinski definition) is 2. The lowest BCUT2D eigenvalue weighted by Crippen LogP contribution is -2.41. The maximum absolute atomic E-state index is 12.2. The van der Waals surface area contributed by atoms with Gasteiger partial charge in [0.1, 0.15) is 5.15 Å². The van der Waals surface area contributed by atoms with Crippen LogP contribution < -0.4 is 10.3 Å². The van der Waals surface area contributed by atoms with Crippen LogP contribution in [0, 0.1) is 6.92 Å². The van der Waals surface area contributed by atoms with Gasteiger partial charge in [-0.2, -0.15) is 0 Å². The SMILES string of the molecule is Cc1cc(Cl)ccc1S(=O)(=O)NNC(=O)c1ccnc(Cl)c1. The summed E-state index contributed by atoms with van der Waals surface area (Å²) in [5.74, 6) is -0.653. The predicted molar refractivity (Wildman–Crippen MR) is 83.2 cm³/mol. The molecule has 0 aliphatic rings. The number of nitrogens with zero attached hydrogens (tertiary/aromatic N) is 1. The first-order chi connectivity index (χ1) is 10.3. The molecule has 0 aliphatic heterocycles. The minimum Gasteiger partial charge on any atom is -0.273 e. The standard InChI is InChI=1S/C13H11Cl2N3O3S/c1-8-6-10(14)2-3-11(8)22(20,21)18-17-13(19)9-4-5-16-12(15)7-9/h2-7,18H,1H3,(H,17,19). The van der Waals surface area contributed by atoms with E-state index in [0.29, 0.717) is 10.6 Å². The van der Waals surface area contributed by atoms with Crippen molar-refractivity contribution in [2.24, 2.45) is 0 Å². The summed E-state index contributed by atoms with van der Waals surface area (Å²) in [6.45, 7) is 1.60. The van der Waals surface area contributed by atoms with Crippen LogP contribution >= 0.6 is 23.2 Å². The fourth-order valence-electron chi connectivity index (χ4n) is 1.70. The van der Waals surface area contributed by atoms with Crippen molar-refractivity contribution in [1.82, 2.24) is 15.2 Å².